The fraction of sp³-hybridized carbons (Fsp3) is 0. The van der Waals surface area contributed by atoms with Crippen LogP contribution in [0.15, 0.2) is 45.3 Å². The van der Waals surface area contributed by atoms with Gasteiger partial charge in [-0.25, -0.2) is 0 Å². The van der Waals surface area contributed by atoms with Gasteiger partial charge in [0.1, 0.15) is 0 Å². The average molecular weight is 381 g/mol. The van der Waals surface area contributed by atoms with Crippen LogP contribution in [0.4, 0.5) is 0 Å². The van der Waals surface area contributed by atoms with Crippen molar-refractivity contribution >= 4 is 55.1 Å². The zero-order valence-electron chi connectivity index (χ0n) is 7.98. The lowest BCUT2D eigenvalue weighted by Crippen LogP contribution is -1.81. The first-order valence-corrected chi connectivity index (χ1v) is 6.83. The normalized spacial score (nSPS) is 10.5. The van der Waals surface area contributed by atoms with Gasteiger partial charge in [0, 0.05) is 8.95 Å². The Labute approximate surface area is 121 Å². The quantitative estimate of drug-likeness (QED) is 0.553. The number of halogens is 4. The fourth-order valence-electron chi connectivity index (χ4n) is 1.39. The van der Waals surface area contributed by atoms with E-state index in [2.05, 4.69) is 31.9 Å². The summed E-state index contributed by atoms with van der Waals surface area (Å²) in [5, 5.41) is 1.39. The highest BCUT2D eigenvalue weighted by molar-refractivity contribution is 9.11. The Balaban J connectivity index is 2.59. The maximum absolute atomic E-state index is 6.05. The van der Waals surface area contributed by atoms with Gasteiger partial charge >= 0.3 is 0 Å². The van der Waals surface area contributed by atoms with Crippen LogP contribution in [0.3, 0.4) is 0 Å². The van der Waals surface area contributed by atoms with Gasteiger partial charge in [-0.05, 0) is 61.2 Å². The number of benzene rings is 2. The highest BCUT2D eigenvalue weighted by Crippen LogP contribution is 2.36. The van der Waals surface area contributed by atoms with E-state index in [-0.39, 0.29) is 0 Å². The van der Waals surface area contributed by atoms with Gasteiger partial charge in [-0.2, -0.15) is 0 Å². The Bertz CT molecular complexity index is 539. The Morgan fingerprint density at radius 1 is 0.875 bits per heavy atom. The molecule has 82 valence electrons. The van der Waals surface area contributed by atoms with E-state index in [0.29, 0.717) is 10.0 Å². The van der Waals surface area contributed by atoms with Crippen LogP contribution in [-0.4, -0.2) is 0 Å². The number of hydrogen-bond donors (Lipinski definition) is 0. The van der Waals surface area contributed by atoms with Crippen molar-refractivity contribution in [2.24, 2.45) is 0 Å². The highest BCUT2D eigenvalue weighted by Gasteiger charge is 2.07. The standard InChI is InChI=1S/C12H6Br2Cl2/c13-9-6-7(4-5-10(9)15)8-2-1-3-11(16)12(8)14/h1-6H. The first-order chi connectivity index (χ1) is 7.59. The van der Waals surface area contributed by atoms with E-state index in [1.807, 2.05) is 36.4 Å². The molecule has 0 aliphatic rings. The minimum absolute atomic E-state index is 0.696. The molecule has 0 unspecified atom stereocenters. The van der Waals surface area contributed by atoms with Gasteiger partial charge in [-0.3, -0.25) is 0 Å². The van der Waals surface area contributed by atoms with Crippen molar-refractivity contribution in [1.82, 2.24) is 0 Å². The summed E-state index contributed by atoms with van der Waals surface area (Å²) in [5.74, 6) is 0. The molecule has 16 heavy (non-hydrogen) atoms. The van der Waals surface area contributed by atoms with E-state index in [0.717, 1.165) is 20.1 Å². The summed E-state index contributed by atoms with van der Waals surface area (Å²) in [6.45, 7) is 0. The van der Waals surface area contributed by atoms with Crippen molar-refractivity contribution < 1.29 is 0 Å². The molecule has 2 aromatic carbocycles. The minimum Gasteiger partial charge on any atom is -0.0831 e. The van der Waals surface area contributed by atoms with Gasteiger partial charge in [0.05, 0.1) is 10.0 Å². The van der Waals surface area contributed by atoms with Gasteiger partial charge < -0.3 is 0 Å². The molecular weight excluding hydrogens is 375 g/mol. The molecule has 0 aliphatic heterocycles. The monoisotopic (exact) mass is 378 g/mol. The van der Waals surface area contributed by atoms with E-state index in [1.54, 1.807) is 0 Å². The second kappa shape index (κ2) is 5.09. The molecule has 0 amide bonds. The van der Waals surface area contributed by atoms with Gasteiger partial charge in [-0.15, -0.1) is 0 Å². The topological polar surface area (TPSA) is 0 Å². The van der Waals surface area contributed by atoms with Gasteiger partial charge in [0.25, 0.3) is 0 Å². The summed E-state index contributed by atoms with van der Waals surface area (Å²) >= 11 is 18.9. The summed E-state index contributed by atoms with van der Waals surface area (Å²) in [4.78, 5) is 0. The molecule has 0 nitrogen and oxygen atoms in total. The largest absolute Gasteiger partial charge is 0.0831 e. The molecule has 0 radical (unpaired) electrons. The first-order valence-electron chi connectivity index (χ1n) is 4.49. The molecule has 0 N–H and O–H groups in total. The Kier molecular flexibility index (Phi) is 3.96. The molecular formula is C12H6Br2Cl2. The van der Waals surface area contributed by atoms with Gasteiger partial charge in [-0.1, -0.05) is 41.4 Å². The van der Waals surface area contributed by atoms with Crippen LogP contribution in [0.1, 0.15) is 0 Å². The number of hydrogen-bond acceptors (Lipinski definition) is 0. The van der Waals surface area contributed by atoms with Crippen molar-refractivity contribution in [2.45, 2.75) is 0 Å². The third-order valence-electron chi connectivity index (χ3n) is 2.18. The van der Waals surface area contributed by atoms with E-state index in [1.165, 1.54) is 0 Å². The van der Waals surface area contributed by atoms with Crippen molar-refractivity contribution in [1.29, 1.82) is 0 Å². The molecule has 2 rings (SSSR count). The zero-order chi connectivity index (χ0) is 11.7. The maximum atomic E-state index is 6.05. The molecule has 0 bridgehead atoms. The van der Waals surface area contributed by atoms with Crippen molar-refractivity contribution in [2.75, 3.05) is 0 Å². The second-order valence-corrected chi connectivity index (χ2v) is 5.69. The average Bonchev–Trinajstić information content (AvgIpc) is 2.26. The van der Waals surface area contributed by atoms with E-state index < -0.39 is 0 Å². The summed E-state index contributed by atoms with van der Waals surface area (Å²) in [5.41, 5.74) is 2.11. The molecule has 0 atom stereocenters. The smallest absolute Gasteiger partial charge is 0.0554 e. The maximum Gasteiger partial charge on any atom is 0.0554 e. The van der Waals surface area contributed by atoms with Crippen LogP contribution in [0.2, 0.25) is 10.0 Å². The van der Waals surface area contributed by atoms with Crippen molar-refractivity contribution in [3.63, 3.8) is 0 Å². The fourth-order valence-corrected chi connectivity index (χ4v) is 2.55. The predicted octanol–water partition coefficient (Wildman–Crippen LogP) is 6.19. The molecule has 0 saturated heterocycles. The molecule has 2 aromatic rings. The van der Waals surface area contributed by atoms with Gasteiger partial charge in [0.2, 0.25) is 0 Å². The van der Waals surface area contributed by atoms with E-state index in [4.69, 9.17) is 23.2 Å². The molecule has 0 aliphatic carbocycles. The molecule has 0 heterocycles. The Hall–Kier alpha value is -0.0200. The van der Waals surface area contributed by atoms with Crippen LogP contribution >= 0.6 is 55.1 Å². The third-order valence-corrected chi connectivity index (χ3v) is 4.79. The van der Waals surface area contributed by atoms with Crippen LogP contribution in [0.25, 0.3) is 11.1 Å². The summed E-state index contributed by atoms with van der Waals surface area (Å²) in [6, 6.07) is 11.6. The van der Waals surface area contributed by atoms with E-state index in [9.17, 15) is 0 Å². The SMILES string of the molecule is Clc1ccc(-c2cccc(Cl)c2Br)cc1Br. The summed E-state index contributed by atoms with van der Waals surface area (Å²) < 4.78 is 1.77. The molecule has 4 heteroatoms. The molecule has 0 saturated carbocycles. The number of rotatable bonds is 1. The van der Waals surface area contributed by atoms with Crippen molar-refractivity contribution in [3.8, 4) is 11.1 Å². The first kappa shape index (κ1) is 12.4. The lowest BCUT2D eigenvalue weighted by Gasteiger charge is -2.07. The zero-order valence-corrected chi connectivity index (χ0v) is 12.7. The third kappa shape index (κ3) is 2.45. The Morgan fingerprint density at radius 2 is 1.62 bits per heavy atom. The molecule has 0 spiro atoms. The van der Waals surface area contributed by atoms with Crippen LogP contribution in [-0.2, 0) is 0 Å². The van der Waals surface area contributed by atoms with Gasteiger partial charge in [0.15, 0.2) is 0 Å². The summed E-state index contributed by atoms with van der Waals surface area (Å²) in [6.07, 6.45) is 0. The predicted molar refractivity (Wildman–Crippen MR) is 77.3 cm³/mol. The minimum atomic E-state index is 0.696. The summed E-state index contributed by atoms with van der Waals surface area (Å²) in [7, 11) is 0. The van der Waals surface area contributed by atoms with Crippen molar-refractivity contribution in [3.05, 3.63) is 55.4 Å². The van der Waals surface area contributed by atoms with Crippen LogP contribution in [0.5, 0.6) is 0 Å². The highest BCUT2D eigenvalue weighted by atomic mass is 79.9. The lowest BCUT2D eigenvalue weighted by atomic mass is 10.1. The lowest BCUT2D eigenvalue weighted by molar-refractivity contribution is 1.56. The molecule has 0 fully saturated rings. The van der Waals surface area contributed by atoms with Crippen LogP contribution in [0, 0.1) is 0 Å². The van der Waals surface area contributed by atoms with E-state index >= 15 is 0 Å². The Morgan fingerprint density at radius 3 is 2.31 bits per heavy atom. The molecule has 0 aromatic heterocycles. The second-order valence-electron chi connectivity index (χ2n) is 3.23. The van der Waals surface area contributed by atoms with Crippen LogP contribution < -0.4 is 0 Å².